The zero-order chi connectivity index (χ0) is 19.5. The molecule has 4 heterocycles. The third-order valence-electron chi connectivity index (χ3n) is 5.75. The van der Waals surface area contributed by atoms with Crippen molar-refractivity contribution >= 4 is 11.9 Å². The Hall–Kier alpha value is -2.89. The van der Waals surface area contributed by atoms with E-state index in [2.05, 4.69) is 29.4 Å². The molecule has 2 atom stereocenters. The lowest BCUT2D eigenvalue weighted by Gasteiger charge is -2.36. The average molecular weight is 378 g/mol. The number of hydrogen-bond donors (Lipinski definition) is 1. The summed E-state index contributed by atoms with van der Waals surface area (Å²) in [7, 11) is 0. The Morgan fingerprint density at radius 2 is 1.79 bits per heavy atom. The Morgan fingerprint density at radius 1 is 1.04 bits per heavy atom. The van der Waals surface area contributed by atoms with Gasteiger partial charge >= 0.3 is 6.03 Å². The number of aromatic nitrogens is 1. The number of aryl methyl sites for hydroxylation is 1. The summed E-state index contributed by atoms with van der Waals surface area (Å²) in [6.07, 6.45) is 5.30. The van der Waals surface area contributed by atoms with Gasteiger partial charge in [-0.3, -0.25) is 9.78 Å². The smallest absolute Gasteiger partial charge is 0.317 e. The quantitative estimate of drug-likeness (QED) is 0.893. The van der Waals surface area contributed by atoms with E-state index < -0.39 is 0 Å². The summed E-state index contributed by atoms with van der Waals surface area (Å²) in [5.41, 5.74) is 2.96. The highest BCUT2D eigenvalue weighted by Crippen LogP contribution is 2.28. The molecule has 3 amide bonds. The van der Waals surface area contributed by atoms with Crippen LogP contribution < -0.4 is 5.32 Å². The van der Waals surface area contributed by atoms with Crippen LogP contribution in [0.15, 0.2) is 48.8 Å². The molecule has 0 saturated carbocycles. The number of nitrogens with one attached hydrogen (secondary N) is 1. The molecule has 1 aromatic heterocycles. The number of benzene rings is 1. The van der Waals surface area contributed by atoms with Gasteiger partial charge in [0.15, 0.2) is 0 Å². The number of hydrogen-bond acceptors (Lipinski definition) is 3. The first-order chi connectivity index (χ1) is 13.6. The molecule has 2 bridgehead atoms. The third-order valence-corrected chi connectivity index (χ3v) is 5.75. The number of piperidine rings is 1. The predicted molar refractivity (Wildman–Crippen MR) is 107 cm³/mol. The molecule has 146 valence electrons. The van der Waals surface area contributed by atoms with Crippen LogP contribution in [0.4, 0.5) is 4.79 Å². The molecule has 1 N–H and O–H groups in total. The van der Waals surface area contributed by atoms with Crippen molar-refractivity contribution in [2.24, 2.45) is 5.92 Å². The van der Waals surface area contributed by atoms with E-state index in [-0.39, 0.29) is 18.0 Å². The molecule has 6 nitrogen and oxygen atoms in total. The van der Waals surface area contributed by atoms with Crippen molar-refractivity contribution in [1.82, 2.24) is 20.1 Å². The van der Waals surface area contributed by atoms with Gasteiger partial charge in [0.25, 0.3) is 5.91 Å². The average Bonchev–Trinajstić information content (AvgIpc) is 3.05. The van der Waals surface area contributed by atoms with Crippen LogP contribution in [0.2, 0.25) is 0 Å². The van der Waals surface area contributed by atoms with Gasteiger partial charge in [0.1, 0.15) is 0 Å². The first-order valence-electron chi connectivity index (χ1n) is 9.89. The highest BCUT2D eigenvalue weighted by Gasteiger charge is 2.38. The van der Waals surface area contributed by atoms with Gasteiger partial charge in [0, 0.05) is 44.1 Å². The van der Waals surface area contributed by atoms with Crippen molar-refractivity contribution in [3.05, 3.63) is 65.5 Å². The lowest BCUT2D eigenvalue weighted by atomic mass is 9.95. The minimum absolute atomic E-state index is 0.0289. The maximum Gasteiger partial charge on any atom is 0.317 e. The predicted octanol–water partition coefficient (Wildman–Crippen LogP) is 2.84. The molecule has 28 heavy (non-hydrogen) atoms. The van der Waals surface area contributed by atoms with Gasteiger partial charge in [-0.15, -0.1) is 0 Å². The molecule has 0 spiro atoms. The fourth-order valence-corrected chi connectivity index (χ4v) is 4.16. The second-order valence-electron chi connectivity index (χ2n) is 7.84. The van der Waals surface area contributed by atoms with Gasteiger partial charge in [0.2, 0.25) is 0 Å². The van der Waals surface area contributed by atoms with Gasteiger partial charge in [0.05, 0.1) is 6.04 Å². The number of pyridine rings is 1. The number of rotatable bonds is 3. The Morgan fingerprint density at radius 3 is 2.54 bits per heavy atom. The fraction of sp³-hybridized carbons (Fsp3) is 0.409. The van der Waals surface area contributed by atoms with E-state index in [1.807, 2.05) is 21.9 Å². The molecule has 6 heteroatoms. The Bertz CT molecular complexity index is 837. The lowest BCUT2D eigenvalue weighted by Crippen LogP contribution is -2.51. The standard InChI is InChI=1S/C22H26N4O2/c1-16-2-4-17(5-3-16)12-24-22(28)26-14-18-6-7-20(26)15-25(13-18)21(27)19-8-10-23-11-9-19/h2-5,8-11,18,20H,6-7,12-15H2,1H3,(H,24,28)/t18-,20+/m0/s1. The van der Waals surface area contributed by atoms with Gasteiger partial charge in [-0.2, -0.15) is 0 Å². The van der Waals surface area contributed by atoms with Crippen LogP contribution in [0.25, 0.3) is 0 Å². The summed E-state index contributed by atoms with van der Waals surface area (Å²) >= 11 is 0. The minimum atomic E-state index is -0.0338. The van der Waals surface area contributed by atoms with Crippen molar-refractivity contribution in [3.8, 4) is 0 Å². The molecular formula is C22H26N4O2. The first-order valence-corrected chi connectivity index (χ1v) is 9.89. The van der Waals surface area contributed by atoms with E-state index >= 15 is 0 Å². The number of urea groups is 1. The van der Waals surface area contributed by atoms with Crippen molar-refractivity contribution in [2.45, 2.75) is 32.4 Å². The summed E-state index contributed by atoms with van der Waals surface area (Å²) in [5.74, 6) is 0.357. The van der Waals surface area contributed by atoms with Gasteiger partial charge in [-0.1, -0.05) is 29.8 Å². The van der Waals surface area contributed by atoms with E-state index in [1.54, 1.807) is 24.5 Å². The lowest BCUT2D eigenvalue weighted by molar-refractivity contribution is 0.0741. The molecule has 3 fully saturated rings. The van der Waals surface area contributed by atoms with Crippen LogP contribution in [0, 0.1) is 12.8 Å². The molecular weight excluding hydrogens is 352 g/mol. The second-order valence-corrected chi connectivity index (χ2v) is 7.84. The summed E-state index contributed by atoms with van der Waals surface area (Å²) in [4.78, 5) is 33.5. The molecule has 2 aromatic rings. The molecule has 3 saturated heterocycles. The monoisotopic (exact) mass is 378 g/mol. The number of fused-ring (bicyclic) bond motifs is 4. The van der Waals surface area contributed by atoms with Crippen LogP contribution in [0.5, 0.6) is 0 Å². The van der Waals surface area contributed by atoms with Crippen LogP contribution in [-0.2, 0) is 6.54 Å². The fourth-order valence-electron chi connectivity index (χ4n) is 4.16. The van der Waals surface area contributed by atoms with E-state index in [0.717, 1.165) is 18.4 Å². The van der Waals surface area contributed by atoms with E-state index in [1.165, 1.54) is 5.56 Å². The summed E-state index contributed by atoms with van der Waals surface area (Å²) in [6.45, 7) is 4.58. The number of nitrogens with zero attached hydrogens (tertiary/aromatic N) is 3. The van der Waals surface area contributed by atoms with Crippen LogP contribution >= 0.6 is 0 Å². The molecule has 0 aliphatic carbocycles. The van der Waals surface area contributed by atoms with E-state index in [0.29, 0.717) is 37.7 Å². The first kappa shape index (κ1) is 18.5. The molecule has 0 unspecified atom stereocenters. The van der Waals surface area contributed by atoms with Gasteiger partial charge < -0.3 is 15.1 Å². The maximum absolute atomic E-state index is 12.9. The molecule has 0 radical (unpaired) electrons. The summed E-state index contributed by atoms with van der Waals surface area (Å²) < 4.78 is 0. The van der Waals surface area contributed by atoms with E-state index in [4.69, 9.17) is 0 Å². The largest absolute Gasteiger partial charge is 0.336 e. The zero-order valence-corrected chi connectivity index (χ0v) is 16.2. The Balaban J connectivity index is 1.41. The third kappa shape index (κ3) is 4.01. The zero-order valence-electron chi connectivity index (χ0n) is 16.2. The van der Waals surface area contributed by atoms with E-state index in [9.17, 15) is 9.59 Å². The summed E-state index contributed by atoms with van der Waals surface area (Å²) in [6, 6.07) is 11.7. The second kappa shape index (κ2) is 8.00. The highest BCUT2D eigenvalue weighted by molar-refractivity contribution is 5.94. The number of carbonyl (C=O) groups excluding carboxylic acids is 2. The number of carbonyl (C=O) groups is 2. The highest BCUT2D eigenvalue weighted by atomic mass is 16.2. The Kier molecular flexibility index (Phi) is 5.28. The normalized spacial score (nSPS) is 21.3. The molecule has 3 aliphatic heterocycles. The maximum atomic E-state index is 12.9. The summed E-state index contributed by atoms with van der Waals surface area (Å²) in [5, 5.41) is 3.05. The number of amides is 3. The van der Waals surface area contributed by atoms with Crippen LogP contribution in [0.3, 0.4) is 0 Å². The van der Waals surface area contributed by atoms with Gasteiger partial charge in [-0.25, -0.2) is 4.79 Å². The Labute approximate surface area is 165 Å². The van der Waals surface area contributed by atoms with Crippen LogP contribution in [0.1, 0.15) is 34.3 Å². The molecule has 1 aromatic carbocycles. The SMILES string of the molecule is Cc1ccc(CNC(=O)N2C[C@H]3CC[C@@H]2CN(C(=O)c2ccncc2)C3)cc1. The molecule has 5 rings (SSSR count). The van der Waals surface area contributed by atoms with Gasteiger partial charge in [-0.05, 0) is 43.4 Å². The minimum Gasteiger partial charge on any atom is -0.336 e. The van der Waals surface area contributed by atoms with Crippen molar-refractivity contribution in [3.63, 3.8) is 0 Å². The van der Waals surface area contributed by atoms with Crippen molar-refractivity contribution in [1.29, 1.82) is 0 Å². The molecule has 3 aliphatic rings. The topological polar surface area (TPSA) is 65.5 Å². The van der Waals surface area contributed by atoms with Crippen LogP contribution in [-0.4, -0.2) is 52.4 Å². The van der Waals surface area contributed by atoms with Crippen molar-refractivity contribution < 1.29 is 9.59 Å². The van der Waals surface area contributed by atoms with Crippen molar-refractivity contribution in [2.75, 3.05) is 19.6 Å².